The van der Waals surface area contributed by atoms with Gasteiger partial charge in [-0.2, -0.15) is 0 Å². The fraction of sp³-hybridized carbons (Fsp3) is 0. The molecule has 0 saturated carbocycles. The molecule has 2 rings (SSSR count). The van der Waals surface area contributed by atoms with Crippen LogP contribution >= 0.6 is 15.9 Å². The number of ether oxygens (including phenoxy) is 1. The van der Waals surface area contributed by atoms with Gasteiger partial charge in [0, 0.05) is 10.0 Å². The third-order valence-electron chi connectivity index (χ3n) is 2.28. The van der Waals surface area contributed by atoms with Gasteiger partial charge in [0.25, 0.3) is 0 Å². The Kier molecular flexibility index (Phi) is 3.62. The van der Waals surface area contributed by atoms with Crippen LogP contribution in [0.15, 0.2) is 46.9 Å². The van der Waals surface area contributed by atoms with Crippen molar-refractivity contribution in [2.24, 2.45) is 5.73 Å². The molecule has 2 aromatic rings. The van der Waals surface area contributed by atoms with E-state index in [4.69, 9.17) is 15.9 Å². The summed E-state index contributed by atoms with van der Waals surface area (Å²) >= 11 is 3.31. The summed E-state index contributed by atoms with van der Waals surface area (Å²) in [5.41, 5.74) is 6.00. The van der Waals surface area contributed by atoms with Crippen molar-refractivity contribution in [2.75, 3.05) is 0 Å². The summed E-state index contributed by atoms with van der Waals surface area (Å²) in [6.45, 7) is 0. The summed E-state index contributed by atoms with van der Waals surface area (Å²) in [6, 6.07) is 10.8. The molecule has 92 valence electrons. The van der Waals surface area contributed by atoms with Crippen molar-refractivity contribution in [3.05, 3.63) is 58.3 Å². The molecule has 0 bridgehead atoms. The first-order valence-corrected chi connectivity index (χ1v) is 5.93. The zero-order chi connectivity index (χ0) is 13.1. The molecule has 5 heteroatoms. The van der Waals surface area contributed by atoms with Gasteiger partial charge in [-0.25, -0.2) is 4.39 Å². The zero-order valence-corrected chi connectivity index (χ0v) is 10.9. The first-order chi connectivity index (χ1) is 8.56. The lowest BCUT2D eigenvalue weighted by molar-refractivity contribution is 0.480. The Bertz CT molecular complexity index is 584. The summed E-state index contributed by atoms with van der Waals surface area (Å²) in [6.07, 6.45) is 0. The Labute approximate surface area is 112 Å². The molecule has 0 radical (unpaired) electrons. The number of rotatable bonds is 3. The Balaban J connectivity index is 2.22. The van der Waals surface area contributed by atoms with E-state index in [1.54, 1.807) is 30.3 Å². The smallest absolute Gasteiger partial charge is 0.128 e. The standard InChI is InChI=1S/C13H10BrFN2O/c14-12-7-10(5-6-11(12)13(16)17)18-9-3-1-8(15)2-4-9/h1-7H,(H3,16,17). The van der Waals surface area contributed by atoms with Crippen LogP contribution in [0.1, 0.15) is 5.56 Å². The molecule has 0 saturated heterocycles. The molecule has 0 spiro atoms. The Morgan fingerprint density at radius 2 is 1.72 bits per heavy atom. The molecule has 0 fully saturated rings. The molecule has 3 N–H and O–H groups in total. The lowest BCUT2D eigenvalue weighted by Crippen LogP contribution is -2.11. The fourth-order valence-electron chi connectivity index (χ4n) is 1.42. The molecule has 0 aromatic heterocycles. The number of hydrogen-bond donors (Lipinski definition) is 2. The van der Waals surface area contributed by atoms with Crippen LogP contribution in [0.3, 0.4) is 0 Å². The molecule has 3 nitrogen and oxygen atoms in total. The van der Waals surface area contributed by atoms with Gasteiger partial charge in [-0.1, -0.05) is 0 Å². The lowest BCUT2D eigenvalue weighted by atomic mass is 10.2. The summed E-state index contributed by atoms with van der Waals surface area (Å²) in [7, 11) is 0. The molecule has 0 amide bonds. The zero-order valence-electron chi connectivity index (χ0n) is 9.28. The number of hydrogen-bond acceptors (Lipinski definition) is 2. The topological polar surface area (TPSA) is 59.1 Å². The average Bonchev–Trinajstić information content (AvgIpc) is 2.32. The number of amidine groups is 1. The summed E-state index contributed by atoms with van der Waals surface area (Å²) < 4.78 is 18.9. The van der Waals surface area contributed by atoms with Crippen molar-refractivity contribution < 1.29 is 9.13 Å². The van der Waals surface area contributed by atoms with Crippen LogP contribution in [0.25, 0.3) is 0 Å². The second-order valence-corrected chi connectivity index (χ2v) is 4.47. The third kappa shape index (κ3) is 2.87. The van der Waals surface area contributed by atoms with E-state index in [9.17, 15) is 4.39 Å². The van der Waals surface area contributed by atoms with Gasteiger partial charge in [-0.15, -0.1) is 0 Å². The molecular weight excluding hydrogens is 299 g/mol. The van der Waals surface area contributed by atoms with Crippen molar-refractivity contribution in [2.45, 2.75) is 0 Å². The van der Waals surface area contributed by atoms with Crippen LogP contribution < -0.4 is 10.5 Å². The highest BCUT2D eigenvalue weighted by atomic mass is 79.9. The highest BCUT2D eigenvalue weighted by Gasteiger charge is 2.05. The maximum Gasteiger partial charge on any atom is 0.128 e. The average molecular weight is 309 g/mol. The van der Waals surface area contributed by atoms with Gasteiger partial charge in [0.1, 0.15) is 23.2 Å². The second-order valence-electron chi connectivity index (χ2n) is 3.61. The number of halogens is 2. The normalized spacial score (nSPS) is 10.1. The van der Waals surface area contributed by atoms with Crippen molar-refractivity contribution in [3.8, 4) is 11.5 Å². The van der Waals surface area contributed by atoms with Gasteiger partial charge in [0.05, 0.1) is 0 Å². The molecule has 18 heavy (non-hydrogen) atoms. The maximum absolute atomic E-state index is 12.7. The van der Waals surface area contributed by atoms with Gasteiger partial charge < -0.3 is 10.5 Å². The predicted octanol–water partition coefficient (Wildman–Crippen LogP) is 3.66. The molecule has 0 unspecified atom stereocenters. The van der Waals surface area contributed by atoms with Gasteiger partial charge in [-0.3, -0.25) is 5.41 Å². The molecule has 0 aliphatic carbocycles. The largest absolute Gasteiger partial charge is 0.457 e. The molecular formula is C13H10BrFN2O. The summed E-state index contributed by atoms with van der Waals surface area (Å²) in [4.78, 5) is 0. The minimum Gasteiger partial charge on any atom is -0.457 e. The highest BCUT2D eigenvalue weighted by Crippen LogP contribution is 2.27. The van der Waals surface area contributed by atoms with Crippen LogP contribution in [-0.2, 0) is 0 Å². The quantitative estimate of drug-likeness (QED) is 0.671. The SMILES string of the molecule is N=C(N)c1ccc(Oc2ccc(F)cc2)cc1Br. The lowest BCUT2D eigenvalue weighted by Gasteiger charge is -2.08. The van der Waals surface area contributed by atoms with E-state index in [-0.39, 0.29) is 11.7 Å². The number of nitrogens with two attached hydrogens (primary N) is 1. The molecule has 0 aliphatic rings. The van der Waals surface area contributed by atoms with Crippen molar-refractivity contribution in [3.63, 3.8) is 0 Å². The van der Waals surface area contributed by atoms with E-state index in [1.165, 1.54) is 12.1 Å². The predicted molar refractivity (Wildman–Crippen MR) is 71.6 cm³/mol. The van der Waals surface area contributed by atoms with Crippen molar-refractivity contribution in [1.82, 2.24) is 0 Å². The van der Waals surface area contributed by atoms with Crippen LogP contribution in [0.4, 0.5) is 4.39 Å². The van der Waals surface area contributed by atoms with E-state index in [2.05, 4.69) is 15.9 Å². The maximum atomic E-state index is 12.7. The number of nitrogen functional groups attached to an aromatic ring is 1. The summed E-state index contributed by atoms with van der Waals surface area (Å²) in [5.74, 6) is 0.794. The molecule has 2 aromatic carbocycles. The van der Waals surface area contributed by atoms with E-state index in [1.807, 2.05) is 0 Å². The van der Waals surface area contributed by atoms with E-state index >= 15 is 0 Å². The molecule has 0 aliphatic heterocycles. The fourth-order valence-corrected chi connectivity index (χ4v) is 1.99. The number of nitrogens with one attached hydrogen (secondary N) is 1. The highest BCUT2D eigenvalue weighted by molar-refractivity contribution is 9.10. The molecule has 0 heterocycles. The van der Waals surface area contributed by atoms with Gasteiger partial charge >= 0.3 is 0 Å². The molecule has 0 atom stereocenters. The van der Waals surface area contributed by atoms with E-state index in [0.717, 1.165) is 0 Å². The van der Waals surface area contributed by atoms with Crippen LogP contribution in [0.2, 0.25) is 0 Å². The van der Waals surface area contributed by atoms with Gasteiger partial charge in [-0.05, 0) is 58.4 Å². The van der Waals surface area contributed by atoms with Crippen LogP contribution in [0.5, 0.6) is 11.5 Å². The van der Waals surface area contributed by atoms with Crippen molar-refractivity contribution in [1.29, 1.82) is 5.41 Å². The third-order valence-corrected chi connectivity index (χ3v) is 2.94. The minimum atomic E-state index is -0.310. The Morgan fingerprint density at radius 1 is 1.11 bits per heavy atom. The van der Waals surface area contributed by atoms with Crippen LogP contribution in [-0.4, -0.2) is 5.84 Å². The first kappa shape index (κ1) is 12.6. The number of benzene rings is 2. The monoisotopic (exact) mass is 308 g/mol. The Hall–Kier alpha value is -1.88. The van der Waals surface area contributed by atoms with E-state index in [0.29, 0.717) is 21.5 Å². The van der Waals surface area contributed by atoms with Crippen LogP contribution in [0, 0.1) is 11.2 Å². The first-order valence-electron chi connectivity index (χ1n) is 5.13. The van der Waals surface area contributed by atoms with Gasteiger partial charge in [0.15, 0.2) is 0 Å². The second kappa shape index (κ2) is 5.18. The van der Waals surface area contributed by atoms with Gasteiger partial charge in [0.2, 0.25) is 0 Å². The van der Waals surface area contributed by atoms with E-state index < -0.39 is 0 Å². The summed E-state index contributed by atoms with van der Waals surface area (Å²) in [5, 5.41) is 7.36. The minimum absolute atomic E-state index is 0.0183. The van der Waals surface area contributed by atoms with Crippen molar-refractivity contribution >= 4 is 21.8 Å². The Morgan fingerprint density at radius 3 is 2.28 bits per heavy atom.